The maximum absolute atomic E-state index is 13.5. The second-order valence-electron chi connectivity index (χ2n) is 32.0. The van der Waals surface area contributed by atoms with E-state index in [-0.39, 0.29) is 53.0 Å². The topological polar surface area (TPSA) is 229 Å². The lowest BCUT2D eigenvalue weighted by atomic mass is 9.81. The number of thiophene rings is 4. The number of aliphatic hydroxyl groups is 3. The maximum Gasteiger partial charge on any atom is 0.430 e. The molecule has 9 saturated heterocycles. The molecule has 3 aliphatic carbocycles. The van der Waals surface area contributed by atoms with Crippen LogP contribution in [-0.4, -0.2) is 174 Å². The molecule has 0 spiro atoms. The monoisotopic (exact) mass is 1690 g/mol. The zero-order valence-electron chi connectivity index (χ0n) is 62.8. The molecule has 2 aromatic carbocycles. The van der Waals surface area contributed by atoms with Crippen LogP contribution in [0.25, 0.3) is 0 Å². The van der Waals surface area contributed by atoms with Gasteiger partial charge in [-0.3, -0.25) is 0 Å². The molecule has 0 amide bonds. The van der Waals surface area contributed by atoms with Crippen LogP contribution in [0, 0.1) is 35.5 Å². The maximum atomic E-state index is 13.5. The predicted molar refractivity (Wildman–Crippen MR) is 404 cm³/mol. The summed E-state index contributed by atoms with van der Waals surface area (Å²) in [5, 5.41) is 60.6. The summed E-state index contributed by atoms with van der Waals surface area (Å²) < 4.78 is 90.8. The Morgan fingerprint density at radius 1 is 0.405 bits per heavy atom. The van der Waals surface area contributed by atoms with Crippen molar-refractivity contribution in [1.29, 1.82) is 0 Å². The van der Waals surface area contributed by atoms with Crippen LogP contribution in [0.1, 0.15) is 160 Å². The third kappa shape index (κ3) is 22.0. The molecule has 3 N–H and O–H groups in total. The number of alkyl halides is 6. The van der Waals surface area contributed by atoms with Crippen LogP contribution in [-0.2, 0) is 67.8 Å². The molecule has 6 bridgehead atoms. The Bertz CT molecular complexity index is 3800. The number of aryl methyl sites for hydroxylation is 2. The molecule has 12 aliphatic rings. The van der Waals surface area contributed by atoms with Crippen molar-refractivity contribution in [3.05, 3.63) is 156 Å². The lowest BCUT2D eigenvalue weighted by molar-refractivity contribution is -0.946. The van der Waals surface area contributed by atoms with Crippen LogP contribution in [0.2, 0.25) is 0 Å². The minimum absolute atomic E-state index is 0. The highest BCUT2D eigenvalue weighted by Gasteiger charge is 2.57. The molecule has 13 heterocycles. The molecular formula is C83H106BrF6N3O14S4. The van der Waals surface area contributed by atoms with Crippen LogP contribution < -0.4 is 31.9 Å². The Balaban J connectivity index is 0.000000162. The Morgan fingerprint density at radius 3 is 1.02 bits per heavy atom. The van der Waals surface area contributed by atoms with E-state index in [1.54, 1.807) is 0 Å². The fraction of sp³-hybridized carbons (Fsp3) is 0.602. The van der Waals surface area contributed by atoms with Crippen molar-refractivity contribution in [2.24, 2.45) is 35.5 Å². The van der Waals surface area contributed by atoms with Gasteiger partial charge in [-0.05, 0) is 115 Å². The number of quaternary nitrogens is 3. The van der Waals surface area contributed by atoms with Gasteiger partial charge in [0.1, 0.15) is 37.3 Å². The van der Waals surface area contributed by atoms with Crippen molar-refractivity contribution in [2.75, 3.05) is 85.1 Å². The van der Waals surface area contributed by atoms with Gasteiger partial charge in [0.25, 0.3) is 0 Å². The van der Waals surface area contributed by atoms with E-state index >= 15 is 0 Å². The quantitative estimate of drug-likeness (QED) is 0.0159. The molecule has 6 atom stereocenters. The summed E-state index contributed by atoms with van der Waals surface area (Å²) in [5.41, 5.74) is -3.04. The van der Waals surface area contributed by atoms with Crippen molar-refractivity contribution in [3.63, 3.8) is 0 Å². The number of rotatable bonds is 25. The minimum Gasteiger partial charge on any atom is -1.00 e. The number of carboxylic acids is 2. The standard InChI is InChI=1S/C27H36NO4S.C27H36NO3S.C25H34NO3S2.2C2HF3O2.BrH/c29-26(27(30,22-8-4-5-9-22)25-12-6-19-33-25)32-24-20-28(16-13-21(24)14-17-28)15-7-18-31-23-10-2-1-3-11-23;29-26(27(30,23-11-4-5-12-23)25-13-7-19-32-25)31-24-20-28(17-14-22(24)15-18-28)16-6-10-21-8-2-1-3-9-21;27-24(25(28,20-6-1-2-7-20)23-10-5-17-31-23)29-22-18-26(14-11-19(22)12-15-26)13-3-8-21-9-4-16-30-21;2*3-2(4,5)1(6)7;/h1-3,6,10-12,19,21-22,24,30H,4-5,7-9,13-18,20H2;1-3,7-9,13,19,22-24,30H,4-6,10-12,14-18,20H2;4-5,9-10,16-17,19-20,22,28H,1-3,6-8,11-15,18H2;2*(H,6,7);1H/q3*+1;;;/p-3/t21?,24-,27+,28?;22?,24-,27-,28?;19?,22-,25-,26?;;;/m011.../s1. The van der Waals surface area contributed by atoms with E-state index in [9.17, 15) is 56.0 Å². The van der Waals surface area contributed by atoms with Gasteiger partial charge in [-0.25, -0.2) is 14.4 Å². The van der Waals surface area contributed by atoms with Crippen molar-refractivity contribution >= 4 is 75.2 Å². The predicted octanol–water partition coefficient (Wildman–Crippen LogP) is 10.2. The van der Waals surface area contributed by atoms with Crippen molar-refractivity contribution in [1.82, 2.24) is 0 Å². The Morgan fingerprint density at radius 2 is 0.712 bits per heavy atom. The molecule has 111 heavy (non-hydrogen) atoms. The Hall–Kier alpha value is -5.79. The average Bonchev–Trinajstić information content (AvgIpc) is 1.72. The number of hydrogen-bond donors (Lipinski definition) is 3. The zero-order chi connectivity index (χ0) is 78.2. The van der Waals surface area contributed by atoms with Gasteiger partial charge >= 0.3 is 30.3 Å². The van der Waals surface area contributed by atoms with E-state index in [1.807, 2.05) is 94.2 Å². The third-order valence-corrected chi connectivity index (χ3v) is 29.1. The molecule has 18 rings (SSSR count). The van der Waals surface area contributed by atoms with Crippen molar-refractivity contribution in [2.45, 2.75) is 195 Å². The van der Waals surface area contributed by atoms with Crippen LogP contribution in [0.3, 0.4) is 0 Å². The van der Waals surface area contributed by atoms with Crippen LogP contribution >= 0.6 is 45.3 Å². The number of fused-ring (bicyclic) bond motifs is 9. The smallest absolute Gasteiger partial charge is 0.430 e. The molecule has 9 aliphatic heterocycles. The molecule has 0 unspecified atom stereocenters. The summed E-state index contributed by atoms with van der Waals surface area (Å²) in [6.45, 7) is 13.9. The number of carboxylic acid groups (broad SMARTS) is 2. The van der Waals surface area contributed by atoms with E-state index in [0.29, 0.717) is 24.4 Å². The van der Waals surface area contributed by atoms with Gasteiger partial charge in [-0.15, -0.1) is 45.3 Å². The molecule has 3 saturated carbocycles. The van der Waals surface area contributed by atoms with Gasteiger partial charge in [-0.1, -0.05) is 111 Å². The summed E-state index contributed by atoms with van der Waals surface area (Å²) in [6.07, 6.45) is 13.6. The fourth-order valence-electron chi connectivity index (χ4n) is 19.0. The first-order valence-corrected chi connectivity index (χ1v) is 43.0. The van der Waals surface area contributed by atoms with Gasteiger partial charge < -0.3 is 84.5 Å². The lowest BCUT2D eigenvalue weighted by Crippen LogP contribution is -3.00. The molecule has 28 heteroatoms. The summed E-state index contributed by atoms with van der Waals surface area (Å²) >= 11 is 6.26. The number of aliphatic carboxylic acids is 2. The normalized spacial score (nSPS) is 27.1. The SMILES string of the molecule is O=C(O[C@@H]1C[N+]2(CCCc3ccccc3)CCC1CC2)[C@](O)(c1cccs1)C1CCCC1.O=C(O[C@@H]1C[N+]2(CCCc3cccs3)CCC1CC2)[C@](O)(c1cccs1)C1CCCC1.O=C(O[C@H]1C[N+]2(CCCOc3ccccc3)CCC1CC2)[C@](O)(c1cccs1)C1CCCC1.O=C([O-])C(F)(F)F.O=C([O-])C(F)(F)F.[Br-]. The molecule has 610 valence electrons. The summed E-state index contributed by atoms with van der Waals surface area (Å²) in [7, 11) is 0. The molecule has 12 fully saturated rings. The van der Waals surface area contributed by atoms with E-state index in [0.717, 1.165) is 227 Å². The first-order valence-electron chi connectivity index (χ1n) is 39.4. The highest BCUT2D eigenvalue weighted by molar-refractivity contribution is 7.11. The number of piperidine rings is 9. The number of hydrogen-bond acceptors (Lipinski definition) is 18. The van der Waals surface area contributed by atoms with Gasteiger partial charge in [0.15, 0.2) is 35.1 Å². The Labute approximate surface area is 673 Å². The number of esters is 3. The molecular weight excluding hydrogens is 1590 g/mol. The number of ether oxygens (including phenoxy) is 4. The zero-order valence-corrected chi connectivity index (χ0v) is 67.7. The number of halogens is 7. The van der Waals surface area contributed by atoms with Crippen LogP contribution in [0.5, 0.6) is 5.75 Å². The molecule has 6 aromatic rings. The van der Waals surface area contributed by atoms with Gasteiger partial charge in [-0.2, -0.15) is 26.3 Å². The van der Waals surface area contributed by atoms with Gasteiger partial charge in [0.2, 0.25) is 0 Å². The van der Waals surface area contributed by atoms with E-state index in [2.05, 4.69) is 47.8 Å². The summed E-state index contributed by atoms with van der Waals surface area (Å²) in [5.74, 6) is -5.05. The third-order valence-electron chi connectivity index (χ3n) is 25.2. The van der Waals surface area contributed by atoms with Gasteiger partial charge in [0, 0.05) is 113 Å². The number of carbonyl (C=O) groups excluding carboxylic acids is 5. The van der Waals surface area contributed by atoms with Crippen molar-refractivity contribution < 1.29 is 125 Å². The molecule has 0 radical (unpaired) electrons. The summed E-state index contributed by atoms with van der Waals surface area (Å²) in [6, 6.07) is 36.5. The second-order valence-corrected chi connectivity index (χ2v) is 35.8. The average molecular weight is 1690 g/mol. The summed E-state index contributed by atoms with van der Waals surface area (Å²) in [4.78, 5) is 61.8. The number of para-hydroxylation sites is 1. The first-order chi connectivity index (χ1) is 52.7. The van der Waals surface area contributed by atoms with E-state index < -0.39 is 59.0 Å². The van der Waals surface area contributed by atoms with Crippen molar-refractivity contribution in [3.8, 4) is 5.75 Å². The second kappa shape index (κ2) is 39.2. The van der Waals surface area contributed by atoms with Crippen LogP contribution in [0.4, 0.5) is 26.3 Å². The largest absolute Gasteiger partial charge is 1.00 e. The van der Waals surface area contributed by atoms with E-state index in [1.165, 1.54) is 77.1 Å². The molecule has 4 aromatic heterocycles. The number of nitrogens with zero attached hydrogens (tertiary/aromatic N) is 3. The lowest BCUT2D eigenvalue weighted by Gasteiger charge is -2.52. The minimum atomic E-state index is -5.19. The number of benzene rings is 2. The first kappa shape index (κ1) is 87.6. The van der Waals surface area contributed by atoms with E-state index in [4.69, 9.17) is 38.7 Å². The van der Waals surface area contributed by atoms with Crippen LogP contribution in [0.15, 0.2) is 131 Å². The highest BCUT2D eigenvalue weighted by atomic mass is 79.9. The number of carbonyl (C=O) groups is 5. The van der Waals surface area contributed by atoms with Gasteiger partial charge in [0.05, 0.1) is 65.5 Å². The molecule has 17 nitrogen and oxygen atoms in total. The highest BCUT2D eigenvalue weighted by Crippen LogP contribution is 2.49. The Kier molecular flexibility index (Phi) is 31.0. The fourth-order valence-corrected chi connectivity index (χ4v) is 22.4.